The quantitative estimate of drug-likeness (QED) is 0.779. The van der Waals surface area contributed by atoms with Crippen molar-refractivity contribution in [2.75, 3.05) is 38.5 Å². The molecule has 0 atom stereocenters. The van der Waals surface area contributed by atoms with E-state index in [2.05, 4.69) is 22.6 Å². The number of hydrogen-bond donors (Lipinski definition) is 2. The molecule has 1 aliphatic carbocycles. The third kappa shape index (κ3) is 5.26. The average molecular weight is 389 g/mol. The summed E-state index contributed by atoms with van der Waals surface area (Å²) >= 11 is 5.33. The lowest BCUT2D eigenvalue weighted by molar-refractivity contribution is -0.124. The Hall–Kier alpha value is -1.99. The Labute approximate surface area is 166 Å². The summed E-state index contributed by atoms with van der Waals surface area (Å²) < 4.78 is 0. The molecule has 6 nitrogen and oxygen atoms in total. The number of nitrogens with zero attached hydrogens (tertiary/aromatic N) is 2. The van der Waals surface area contributed by atoms with Crippen LogP contribution in [0.2, 0.25) is 0 Å². The summed E-state index contributed by atoms with van der Waals surface area (Å²) in [6, 6.07) is 7.32. The van der Waals surface area contributed by atoms with Gasteiger partial charge in [-0.1, -0.05) is 31.4 Å². The highest BCUT2D eigenvalue weighted by molar-refractivity contribution is 7.80. The normalized spacial score (nSPS) is 18.8. The number of para-hydroxylation sites is 1. The molecule has 1 aliphatic heterocycles. The maximum atomic E-state index is 12.9. The number of hydrogen-bond acceptors (Lipinski definition) is 4. The number of rotatable bonds is 3. The van der Waals surface area contributed by atoms with Crippen LogP contribution < -0.4 is 10.6 Å². The Bertz CT molecular complexity index is 695. The fourth-order valence-corrected chi connectivity index (χ4v) is 3.90. The van der Waals surface area contributed by atoms with E-state index in [-0.39, 0.29) is 22.8 Å². The molecule has 146 valence electrons. The van der Waals surface area contributed by atoms with Crippen LogP contribution in [0.3, 0.4) is 0 Å². The monoisotopic (exact) mass is 388 g/mol. The Kier molecular flexibility index (Phi) is 6.79. The predicted octanol–water partition coefficient (Wildman–Crippen LogP) is 2.47. The van der Waals surface area contributed by atoms with Gasteiger partial charge >= 0.3 is 0 Å². The van der Waals surface area contributed by atoms with Crippen LogP contribution in [0.1, 0.15) is 42.5 Å². The van der Waals surface area contributed by atoms with Crippen molar-refractivity contribution < 1.29 is 9.59 Å². The molecule has 1 aromatic rings. The minimum absolute atomic E-state index is 0.00685. The molecule has 2 fully saturated rings. The van der Waals surface area contributed by atoms with Crippen molar-refractivity contribution in [3.05, 3.63) is 29.8 Å². The smallest absolute Gasteiger partial charge is 0.256 e. The van der Waals surface area contributed by atoms with Gasteiger partial charge in [0.25, 0.3) is 5.91 Å². The molecular weight excluding hydrogens is 360 g/mol. The highest BCUT2D eigenvalue weighted by atomic mass is 32.1. The van der Waals surface area contributed by atoms with Gasteiger partial charge < -0.3 is 20.4 Å². The number of piperazine rings is 1. The van der Waals surface area contributed by atoms with E-state index < -0.39 is 0 Å². The van der Waals surface area contributed by atoms with E-state index in [0.717, 1.165) is 38.8 Å². The van der Waals surface area contributed by atoms with Gasteiger partial charge in [0.1, 0.15) is 0 Å². The fraction of sp³-hybridized carbons (Fsp3) is 0.550. The first kappa shape index (κ1) is 19.8. The molecule has 0 unspecified atom stereocenters. The van der Waals surface area contributed by atoms with Crippen LogP contribution >= 0.6 is 12.2 Å². The molecule has 27 heavy (non-hydrogen) atoms. The zero-order chi connectivity index (χ0) is 19.2. The summed E-state index contributed by atoms with van der Waals surface area (Å²) in [4.78, 5) is 29.4. The number of benzene rings is 1. The maximum Gasteiger partial charge on any atom is 0.256 e. The van der Waals surface area contributed by atoms with Crippen molar-refractivity contribution in [1.82, 2.24) is 15.1 Å². The molecule has 1 saturated heterocycles. The first-order valence-electron chi connectivity index (χ1n) is 9.73. The number of likely N-dealkylation sites (N-methyl/N-ethyl adjacent to an activating group) is 1. The molecule has 7 heteroatoms. The van der Waals surface area contributed by atoms with Crippen LogP contribution in [-0.2, 0) is 4.79 Å². The van der Waals surface area contributed by atoms with Gasteiger partial charge in [-0.15, -0.1) is 0 Å². The summed E-state index contributed by atoms with van der Waals surface area (Å²) in [5.74, 6) is 0.0170. The predicted molar refractivity (Wildman–Crippen MR) is 111 cm³/mol. The number of nitrogens with one attached hydrogen (secondary N) is 2. The number of thiocarbonyl (C=S) groups is 1. The number of carbonyl (C=O) groups is 2. The Morgan fingerprint density at radius 3 is 2.41 bits per heavy atom. The minimum Gasteiger partial charge on any atom is -0.336 e. The van der Waals surface area contributed by atoms with Crippen LogP contribution in [0.15, 0.2) is 24.3 Å². The third-order valence-electron chi connectivity index (χ3n) is 5.41. The summed E-state index contributed by atoms with van der Waals surface area (Å²) in [5.41, 5.74) is 1.21. The summed E-state index contributed by atoms with van der Waals surface area (Å²) in [7, 11) is 2.06. The van der Waals surface area contributed by atoms with Gasteiger partial charge in [-0.3, -0.25) is 9.59 Å². The molecule has 1 aromatic carbocycles. The molecule has 1 saturated carbocycles. The molecule has 0 radical (unpaired) electrons. The van der Waals surface area contributed by atoms with Crippen molar-refractivity contribution in [2.45, 2.75) is 32.1 Å². The first-order valence-corrected chi connectivity index (χ1v) is 10.1. The Balaban J connectivity index is 1.62. The molecule has 1 heterocycles. The van der Waals surface area contributed by atoms with Crippen LogP contribution in [0.5, 0.6) is 0 Å². The van der Waals surface area contributed by atoms with Crippen LogP contribution in [0, 0.1) is 5.92 Å². The van der Waals surface area contributed by atoms with E-state index in [1.54, 1.807) is 6.07 Å². The number of amides is 2. The summed E-state index contributed by atoms with van der Waals surface area (Å²) in [6.07, 6.45) is 5.25. The third-order valence-corrected chi connectivity index (χ3v) is 5.61. The van der Waals surface area contributed by atoms with Gasteiger partial charge in [0, 0.05) is 32.1 Å². The number of anilines is 1. The van der Waals surface area contributed by atoms with Crippen LogP contribution in [0.4, 0.5) is 5.69 Å². The van der Waals surface area contributed by atoms with E-state index in [1.807, 2.05) is 23.1 Å². The largest absolute Gasteiger partial charge is 0.336 e. The van der Waals surface area contributed by atoms with E-state index in [4.69, 9.17) is 12.2 Å². The van der Waals surface area contributed by atoms with Crippen molar-refractivity contribution >= 4 is 34.8 Å². The highest BCUT2D eigenvalue weighted by Gasteiger charge is 2.24. The standard InChI is InChI=1S/C20H28N4O2S/c1-23-11-13-24(14-12-23)19(26)16-9-5-6-10-17(16)21-20(27)22-18(25)15-7-3-2-4-8-15/h5-6,9-10,15H,2-4,7-8,11-14H2,1H3,(H2,21,22,25,27). The van der Waals surface area contributed by atoms with Crippen molar-refractivity contribution in [3.63, 3.8) is 0 Å². The van der Waals surface area contributed by atoms with E-state index in [9.17, 15) is 9.59 Å². The topological polar surface area (TPSA) is 64.7 Å². The van der Waals surface area contributed by atoms with Gasteiger partial charge in [0.15, 0.2) is 5.11 Å². The molecular formula is C20H28N4O2S. The SMILES string of the molecule is CN1CCN(C(=O)c2ccccc2NC(=S)NC(=O)C2CCCCC2)CC1. The van der Waals surface area contributed by atoms with Crippen molar-refractivity contribution in [1.29, 1.82) is 0 Å². The van der Waals surface area contributed by atoms with E-state index >= 15 is 0 Å². The molecule has 2 aliphatic rings. The second kappa shape index (κ2) is 9.28. The lowest BCUT2D eigenvalue weighted by atomic mass is 9.89. The van der Waals surface area contributed by atoms with Crippen LogP contribution in [-0.4, -0.2) is 60.0 Å². The van der Waals surface area contributed by atoms with Crippen molar-refractivity contribution in [3.8, 4) is 0 Å². The van der Waals surface area contributed by atoms with E-state index in [0.29, 0.717) is 24.3 Å². The number of carbonyl (C=O) groups excluding carboxylic acids is 2. The summed E-state index contributed by atoms with van der Waals surface area (Å²) in [5, 5.41) is 6.10. The minimum atomic E-state index is -0.0184. The average Bonchev–Trinajstić information content (AvgIpc) is 2.69. The van der Waals surface area contributed by atoms with Crippen molar-refractivity contribution in [2.24, 2.45) is 5.92 Å². The molecule has 2 N–H and O–H groups in total. The molecule has 2 amide bonds. The van der Waals surface area contributed by atoms with Gasteiger partial charge in [-0.2, -0.15) is 0 Å². The highest BCUT2D eigenvalue weighted by Crippen LogP contribution is 2.24. The van der Waals surface area contributed by atoms with Gasteiger partial charge in [-0.05, 0) is 44.2 Å². The zero-order valence-corrected chi connectivity index (χ0v) is 16.7. The molecule has 0 aromatic heterocycles. The second-order valence-corrected chi connectivity index (χ2v) is 7.83. The maximum absolute atomic E-state index is 12.9. The van der Waals surface area contributed by atoms with Gasteiger partial charge in [0.2, 0.25) is 5.91 Å². The Morgan fingerprint density at radius 1 is 1.04 bits per heavy atom. The summed E-state index contributed by atoms with van der Waals surface area (Å²) in [6.45, 7) is 3.17. The van der Waals surface area contributed by atoms with Gasteiger partial charge in [0.05, 0.1) is 11.3 Å². The lowest BCUT2D eigenvalue weighted by Crippen LogP contribution is -2.47. The lowest BCUT2D eigenvalue weighted by Gasteiger charge is -2.32. The first-order chi connectivity index (χ1) is 13.0. The second-order valence-electron chi connectivity index (χ2n) is 7.42. The molecule has 3 rings (SSSR count). The molecule has 0 bridgehead atoms. The zero-order valence-electron chi connectivity index (χ0n) is 15.9. The fourth-order valence-electron chi connectivity index (χ4n) is 3.69. The van der Waals surface area contributed by atoms with E-state index in [1.165, 1.54) is 6.42 Å². The van der Waals surface area contributed by atoms with Crippen LogP contribution in [0.25, 0.3) is 0 Å². The van der Waals surface area contributed by atoms with Gasteiger partial charge in [-0.25, -0.2) is 0 Å². The Morgan fingerprint density at radius 2 is 1.70 bits per heavy atom. The molecule has 0 spiro atoms.